The van der Waals surface area contributed by atoms with Gasteiger partial charge in [0, 0.05) is 37.4 Å². The molecule has 3 aliphatic heterocycles. The number of nitrogens with zero attached hydrogens (tertiary/aromatic N) is 2. The summed E-state index contributed by atoms with van der Waals surface area (Å²) in [7, 11) is 0. The van der Waals surface area contributed by atoms with Gasteiger partial charge in [0.25, 0.3) is 0 Å². The van der Waals surface area contributed by atoms with Gasteiger partial charge in [-0.3, -0.25) is 4.90 Å². The van der Waals surface area contributed by atoms with Crippen LogP contribution in [0.3, 0.4) is 0 Å². The Morgan fingerprint density at radius 1 is 1.16 bits per heavy atom. The van der Waals surface area contributed by atoms with Crippen molar-refractivity contribution >= 4 is 22.9 Å². The van der Waals surface area contributed by atoms with Crippen LogP contribution in [0.5, 0.6) is 5.75 Å². The molecule has 1 N–H and O–H groups in total. The van der Waals surface area contributed by atoms with E-state index < -0.39 is 0 Å². The third-order valence-corrected chi connectivity index (χ3v) is 5.95. The number of allylic oxidation sites excluding steroid dienone is 1. The fourth-order valence-electron chi connectivity index (χ4n) is 4.17. The lowest BCUT2D eigenvalue weighted by Gasteiger charge is -2.44. The van der Waals surface area contributed by atoms with E-state index in [1.807, 2.05) is 6.07 Å². The SMILES string of the molecule is S=C(N/C=C1/CCCOc2ccccc21)N1CCN2CCCCC2C1. The Balaban J connectivity index is 1.42. The first-order chi connectivity index (χ1) is 12.3. The quantitative estimate of drug-likeness (QED) is 0.779. The predicted molar refractivity (Wildman–Crippen MR) is 106 cm³/mol. The second-order valence-corrected chi connectivity index (χ2v) is 7.59. The van der Waals surface area contributed by atoms with Gasteiger partial charge in [-0.1, -0.05) is 24.6 Å². The van der Waals surface area contributed by atoms with Crippen LogP contribution in [0.4, 0.5) is 0 Å². The summed E-state index contributed by atoms with van der Waals surface area (Å²) in [6.45, 7) is 5.28. The molecule has 1 unspecified atom stereocenters. The van der Waals surface area contributed by atoms with Crippen molar-refractivity contribution in [1.29, 1.82) is 0 Å². The third-order valence-electron chi connectivity index (χ3n) is 5.58. The maximum atomic E-state index is 5.84. The summed E-state index contributed by atoms with van der Waals surface area (Å²) in [5, 5.41) is 4.27. The summed E-state index contributed by atoms with van der Waals surface area (Å²) in [5.74, 6) is 0.981. The summed E-state index contributed by atoms with van der Waals surface area (Å²) in [4.78, 5) is 4.98. The van der Waals surface area contributed by atoms with Gasteiger partial charge in [-0.05, 0) is 56.1 Å². The first kappa shape index (κ1) is 16.9. The second-order valence-electron chi connectivity index (χ2n) is 7.20. The largest absolute Gasteiger partial charge is 0.493 e. The van der Waals surface area contributed by atoms with E-state index in [1.54, 1.807) is 0 Å². The highest BCUT2D eigenvalue weighted by molar-refractivity contribution is 7.80. The van der Waals surface area contributed by atoms with Crippen LogP contribution in [0.2, 0.25) is 0 Å². The van der Waals surface area contributed by atoms with Crippen molar-refractivity contribution in [3.63, 3.8) is 0 Å². The molecule has 0 aliphatic carbocycles. The minimum Gasteiger partial charge on any atom is -0.493 e. The smallest absolute Gasteiger partial charge is 0.173 e. The van der Waals surface area contributed by atoms with Gasteiger partial charge in [-0.25, -0.2) is 0 Å². The number of nitrogens with one attached hydrogen (secondary N) is 1. The normalized spacial score (nSPS) is 25.5. The maximum absolute atomic E-state index is 5.84. The van der Waals surface area contributed by atoms with Gasteiger partial charge in [-0.15, -0.1) is 0 Å². The lowest BCUT2D eigenvalue weighted by molar-refractivity contribution is 0.0802. The van der Waals surface area contributed by atoms with Crippen LogP contribution in [0.25, 0.3) is 5.57 Å². The lowest BCUT2D eigenvalue weighted by Crippen LogP contribution is -2.57. The molecule has 0 aromatic heterocycles. The molecule has 4 rings (SSSR count). The van der Waals surface area contributed by atoms with E-state index in [-0.39, 0.29) is 0 Å². The Morgan fingerprint density at radius 3 is 3.04 bits per heavy atom. The number of benzene rings is 1. The van der Waals surface area contributed by atoms with E-state index >= 15 is 0 Å². The summed E-state index contributed by atoms with van der Waals surface area (Å²) in [6.07, 6.45) is 8.18. The van der Waals surface area contributed by atoms with E-state index in [9.17, 15) is 0 Å². The van der Waals surface area contributed by atoms with Gasteiger partial charge in [0.1, 0.15) is 5.75 Å². The number of hydrogen-bond acceptors (Lipinski definition) is 3. The van der Waals surface area contributed by atoms with Gasteiger partial charge in [0.2, 0.25) is 0 Å². The molecule has 4 nitrogen and oxygen atoms in total. The molecule has 1 aromatic rings. The molecule has 3 aliphatic rings. The first-order valence-electron chi connectivity index (χ1n) is 9.52. The van der Waals surface area contributed by atoms with Gasteiger partial charge in [-0.2, -0.15) is 0 Å². The third kappa shape index (κ3) is 3.82. The average molecular weight is 358 g/mol. The first-order valence-corrected chi connectivity index (χ1v) is 9.93. The highest BCUT2D eigenvalue weighted by Gasteiger charge is 2.29. The fraction of sp³-hybridized carbons (Fsp3) is 0.550. The van der Waals surface area contributed by atoms with Gasteiger partial charge in [0.05, 0.1) is 6.61 Å². The fourth-order valence-corrected chi connectivity index (χ4v) is 4.39. The zero-order valence-corrected chi connectivity index (χ0v) is 15.6. The van der Waals surface area contributed by atoms with Crippen molar-refractivity contribution in [3.05, 3.63) is 36.0 Å². The van der Waals surface area contributed by atoms with Crippen LogP contribution in [-0.2, 0) is 0 Å². The van der Waals surface area contributed by atoms with E-state index in [1.165, 1.54) is 36.9 Å². The van der Waals surface area contributed by atoms with Crippen molar-refractivity contribution in [3.8, 4) is 5.75 Å². The number of hydrogen-bond donors (Lipinski definition) is 1. The molecule has 0 saturated carbocycles. The topological polar surface area (TPSA) is 27.7 Å². The number of ether oxygens (including phenoxy) is 1. The lowest BCUT2D eigenvalue weighted by atomic mass is 10.00. The molecule has 2 fully saturated rings. The van der Waals surface area contributed by atoms with E-state index in [0.717, 1.165) is 49.9 Å². The monoisotopic (exact) mass is 357 g/mol. The molecule has 3 heterocycles. The molecule has 2 saturated heterocycles. The second kappa shape index (κ2) is 7.75. The molecule has 5 heteroatoms. The number of fused-ring (bicyclic) bond motifs is 2. The zero-order valence-electron chi connectivity index (χ0n) is 14.7. The highest BCUT2D eigenvalue weighted by Crippen LogP contribution is 2.31. The molecular weight excluding hydrogens is 330 g/mol. The Bertz CT molecular complexity index is 660. The number of rotatable bonds is 1. The van der Waals surface area contributed by atoms with Crippen molar-refractivity contribution < 1.29 is 4.74 Å². The maximum Gasteiger partial charge on any atom is 0.173 e. The molecule has 25 heavy (non-hydrogen) atoms. The highest BCUT2D eigenvalue weighted by atomic mass is 32.1. The summed E-state index contributed by atoms with van der Waals surface area (Å²) in [5.41, 5.74) is 2.47. The minimum atomic E-state index is 0.682. The summed E-state index contributed by atoms with van der Waals surface area (Å²) >= 11 is 5.69. The molecule has 1 aromatic carbocycles. The summed E-state index contributed by atoms with van der Waals surface area (Å²) in [6, 6.07) is 8.97. The number of piperidine rings is 1. The van der Waals surface area contributed by atoms with E-state index in [4.69, 9.17) is 17.0 Å². The van der Waals surface area contributed by atoms with Gasteiger partial charge in [0.15, 0.2) is 5.11 Å². The van der Waals surface area contributed by atoms with Crippen molar-refractivity contribution in [2.75, 3.05) is 32.8 Å². The van der Waals surface area contributed by atoms with Crippen LogP contribution < -0.4 is 10.1 Å². The predicted octanol–water partition coefficient (Wildman–Crippen LogP) is 3.24. The van der Waals surface area contributed by atoms with Crippen molar-refractivity contribution in [1.82, 2.24) is 15.1 Å². The van der Waals surface area contributed by atoms with Gasteiger partial charge >= 0.3 is 0 Å². The molecule has 0 amide bonds. The van der Waals surface area contributed by atoms with Crippen LogP contribution >= 0.6 is 12.2 Å². The standard InChI is InChI=1S/C20H27N3OS/c25-20(23-12-11-22-10-4-3-7-17(22)15-23)21-14-16-6-5-13-24-19-9-2-1-8-18(16)19/h1-2,8-9,14,17H,3-7,10-13,15H2,(H,21,25)/b16-14-. The van der Waals surface area contributed by atoms with Crippen LogP contribution in [0.15, 0.2) is 30.5 Å². The number of thiocarbonyl (C=S) groups is 1. The molecule has 134 valence electrons. The minimum absolute atomic E-state index is 0.682. The van der Waals surface area contributed by atoms with Crippen LogP contribution in [-0.4, -0.2) is 53.7 Å². The molecule has 0 spiro atoms. The molecule has 1 atom stereocenters. The Hall–Kier alpha value is -1.59. The summed E-state index contributed by atoms with van der Waals surface area (Å²) < 4.78 is 5.84. The zero-order chi connectivity index (χ0) is 17.1. The van der Waals surface area contributed by atoms with Crippen molar-refractivity contribution in [2.45, 2.75) is 38.1 Å². The Kier molecular flexibility index (Phi) is 5.22. The molecule has 0 radical (unpaired) electrons. The van der Waals surface area contributed by atoms with E-state index in [0.29, 0.717) is 6.04 Å². The molecular formula is C20H27N3OS. The molecule has 0 bridgehead atoms. The van der Waals surface area contributed by atoms with Crippen molar-refractivity contribution in [2.24, 2.45) is 0 Å². The van der Waals surface area contributed by atoms with Gasteiger partial charge < -0.3 is 15.0 Å². The Labute approximate surface area is 155 Å². The van der Waals surface area contributed by atoms with Crippen LogP contribution in [0, 0.1) is 0 Å². The van der Waals surface area contributed by atoms with E-state index in [2.05, 4.69) is 39.5 Å². The number of para-hydroxylation sites is 1. The Morgan fingerprint density at radius 2 is 2.08 bits per heavy atom. The van der Waals surface area contributed by atoms with Crippen LogP contribution in [0.1, 0.15) is 37.7 Å². The number of piperazine rings is 1. The average Bonchev–Trinajstić information content (AvgIpc) is 2.88.